The molecule has 26 heavy (non-hydrogen) atoms. The zero-order valence-electron chi connectivity index (χ0n) is 14.8. The lowest BCUT2D eigenvalue weighted by atomic mass is 10.1. The average Bonchev–Trinajstić information content (AvgIpc) is 2.65. The van der Waals surface area contributed by atoms with E-state index in [2.05, 4.69) is 21.2 Å². The molecule has 6 heteroatoms. The normalized spacial score (nSPS) is 10.8. The summed E-state index contributed by atoms with van der Waals surface area (Å²) in [6, 6.07) is 12.9. The number of nitrogens with zero attached hydrogens (tertiary/aromatic N) is 1. The lowest BCUT2D eigenvalue weighted by molar-refractivity contribution is -0.116. The van der Waals surface area contributed by atoms with E-state index in [1.807, 2.05) is 42.7 Å². The number of aryl methyl sites for hydroxylation is 1. The molecule has 0 fully saturated rings. The van der Waals surface area contributed by atoms with Gasteiger partial charge in [0.25, 0.3) is 0 Å². The van der Waals surface area contributed by atoms with Crippen LogP contribution in [0.5, 0.6) is 5.75 Å². The molecule has 3 aromatic rings. The molecular formula is C20H19BrN2O3. The van der Waals surface area contributed by atoms with Gasteiger partial charge < -0.3 is 14.6 Å². The average molecular weight is 415 g/mol. The number of nitrogens with one attached hydrogen (secondary N) is 1. The molecule has 0 aliphatic heterocycles. The number of fused-ring (bicyclic) bond motifs is 1. The van der Waals surface area contributed by atoms with Crippen molar-refractivity contribution < 1.29 is 9.53 Å². The number of amides is 1. The summed E-state index contributed by atoms with van der Waals surface area (Å²) in [6.45, 7) is 3.86. The fraction of sp³-hybridized carbons (Fsp3) is 0.200. The van der Waals surface area contributed by atoms with Crippen LogP contribution in [0.4, 0.5) is 5.69 Å². The van der Waals surface area contributed by atoms with Crippen molar-refractivity contribution in [3.8, 4) is 5.75 Å². The molecule has 0 atom stereocenters. The van der Waals surface area contributed by atoms with Crippen LogP contribution in [0.15, 0.2) is 51.7 Å². The summed E-state index contributed by atoms with van der Waals surface area (Å²) < 4.78 is 7.49. The van der Waals surface area contributed by atoms with Gasteiger partial charge in [0.2, 0.25) is 11.3 Å². The highest BCUT2D eigenvalue weighted by Crippen LogP contribution is 2.24. The highest BCUT2D eigenvalue weighted by atomic mass is 79.9. The number of hydrogen-bond donors (Lipinski definition) is 1. The monoisotopic (exact) mass is 414 g/mol. The van der Waals surface area contributed by atoms with Crippen molar-refractivity contribution in [2.75, 3.05) is 12.4 Å². The molecule has 1 heterocycles. The molecule has 0 spiro atoms. The van der Waals surface area contributed by atoms with Crippen molar-refractivity contribution in [2.45, 2.75) is 20.4 Å². The molecule has 0 bridgehead atoms. The Bertz CT molecular complexity index is 1060. The van der Waals surface area contributed by atoms with Gasteiger partial charge in [-0.15, -0.1) is 0 Å². The number of carbonyl (C=O) groups excluding carboxylic acids is 1. The molecule has 1 aromatic heterocycles. The molecule has 3 rings (SSSR count). The van der Waals surface area contributed by atoms with E-state index >= 15 is 0 Å². The minimum atomic E-state index is -0.157. The van der Waals surface area contributed by atoms with Crippen molar-refractivity contribution >= 4 is 38.4 Å². The lowest BCUT2D eigenvalue weighted by Crippen LogP contribution is -2.23. The second-order valence-electron chi connectivity index (χ2n) is 6.06. The third-order valence-corrected chi connectivity index (χ3v) is 5.32. The molecular weight excluding hydrogens is 396 g/mol. The first kappa shape index (κ1) is 18.2. The molecule has 0 saturated carbocycles. The number of aromatic nitrogens is 1. The number of pyridine rings is 1. The van der Waals surface area contributed by atoms with Gasteiger partial charge in [-0.05, 0) is 59.6 Å². The second kappa shape index (κ2) is 7.33. The Hall–Kier alpha value is -2.60. The molecule has 5 nitrogen and oxygen atoms in total. The van der Waals surface area contributed by atoms with E-state index in [0.717, 1.165) is 11.3 Å². The Morgan fingerprint density at radius 3 is 2.62 bits per heavy atom. The number of anilines is 1. The summed E-state index contributed by atoms with van der Waals surface area (Å²) in [7, 11) is 1.55. The first-order valence-electron chi connectivity index (χ1n) is 8.14. The number of hydrogen-bond acceptors (Lipinski definition) is 3. The standard InChI is InChI=1S/C20H19BrN2O3/c1-12-6-4-5-7-16(12)22-18(24)11-23-13(2)19(21)20(25)15-10-14(26-3)8-9-17(15)23/h4-10H,11H2,1-3H3,(H,22,24). The molecule has 1 N–H and O–H groups in total. The number of benzene rings is 2. The van der Waals surface area contributed by atoms with Crippen LogP contribution in [0.3, 0.4) is 0 Å². The van der Waals surface area contributed by atoms with Crippen LogP contribution >= 0.6 is 15.9 Å². The number of ether oxygens (including phenoxy) is 1. The van der Waals surface area contributed by atoms with E-state index in [-0.39, 0.29) is 17.9 Å². The Labute approximate surface area is 159 Å². The van der Waals surface area contributed by atoms with Crippen molar-refractivity contribution in [1.29, 1.82) is 0 Å². The fourth-order valence-corrected chi connectivity index (χ4v) is 3.32. The molecule has 2 aromatic carbocycles. The fourth-order valence-electron chi connectivity index (χ4n) is 2.89. The van der Waals surface area contributed by atoms with Crippen molar-refractivity contribution in [2.24, 2.45) is 0 Å². The molecule has 0 aliphatic rings. The van der Waals surface area contributed by atoms with Gasteiger partial charge in [-0.2, -0.15) is 0 Å². The second-order valence-corrected chi connectivity index (χ2v) is 6.85. The van der Waals surface area contributed by atoms with E-state index < -0.39 is 0 Å². The Balaban J connectivity index is 2.03. The first-order valence-corrected chi connectivity index (χ1v) is 8.93. The zero-order chi connectivity index (χ0) is 18.8. The predicted molar refractivity (Wildman–Crippen MR) is 107 cm³/mol. The maximum atomic E-state index is 12.6. The van der Waals surface area contributed by atoms with Crippen LogP contribution in [0.2, 0.25) is 0 Å². The van der Waals surface area contributed by atoms with Crippen molar-refractivity contribution in [1.82, 2.24) is 4.57 Å². The minimum Gasteiger partial charge on any atom is -0.497 e. The van der Waals surface area contributed by atoms with Crippen LogP contribution in [0.1, 0.15) is 11.3 Å². The summed E-state index contributed by atoms with van der Waals surface area (Å²) in [5.74, 6) is 0.441. The molecule has 0 saturated heterocycles. The van der Waals surface area contributed by atoms with Gasteiger partial charge in [0, 0.05) is 11.4 Å². The molecule has 0 radical (unpaired) electrons. The highest BCUT2D eigenvalue weighted by Gasteiger charge is 2.15. The number of rotatable bonds is 4. The highest BCUT2D eigenvalue weighted by molar-refractivity contribution is 9.10. The topological polar surface area (TPSA) is 60.3 Å². The van der Waals surface area contributed by atoms with Gasteiger partial charge >= 0.3 is 0 Å². The molecule has 0 aliphatic carbocycles. The summed E-state index contributed by atoms with van der Waals surface area (Å²) in [6.07, 6.45) is 0. The SMILES string of the molecule is COc1ccc2c(c1)c(=O)c(Br)c(C)n2CC(=O)Nc1ccccc1C. The third kappa shape index (κ3) is 3.37. The number of para-hydroxylation sites is 1. The number of methoxy groups -OCH3 is 1. The third-order valence-electron chi connectivity index (χ3n) is 4.38. The van der Waals surface area contributed by atoms with Gasteiger partial charge in [-0.3, -0.25) is 9.59 Å². The molecule has 0 unspecified atom stereocenters. The smallest absolute Gasteiger partial charge is 0.244 e. The minimum absolute atomic E-state index is 0.0991. The lowest BCUT2D eigenvalue weighted by Gasteiger charge is -2.17. The van der Waals surface area contributed by atoms with E-state index in [1.165, 1.54) is 0 Å². The van der Waals surface area contributed by atoms with E-state index in [9.17, 15) is 9.59 Å². The first-order chi connectivity index (χ1) is 12.4. The Kier molecular flexibility index (Phi) is 5.13. The van der Waals surface area contributed by atoms with Crippen LogP contribution in [0.25, 0.3) is 10.9 Å². The van der Waals surface area contributed by atoms with Crippen molar-refractivity contribution in [3.05, 3.63) is 68.4 Å². The molecule has 134 valence electrons. The van der Waals surface area contributed by atoms with E-state index in [0.29, 0.717) is 26.8 Å². The zero-order valence-corrected chi connectivity index (χ0v) is 16.4. The predicted octanol–water partition coefficient (Wildman–Crippen LogP) is 4.03. The van der Waals surface area contributed by atoms with Crippen molar-refractivity contribution in [3.63, 3.8) is 0 Å². The Morgan fingerprint density at radius 2 is 1.92 bits per heavy atom. The van der Waals surface area contributed by atoms with Gasteiger partial charge in [0.15, 0.2) is 0 Å². The van der Waals surface area contributed by atoms with Gasteiger partial charge in [0.1, 0.15) is 12.3 Å². The van der Waals surface area contributed by atoms with Gasteiger partial charge in [-0.25, -0.2) is 0 Å². The molecule has 1 amide bonds. The summed E-state index contributed by atoms with van der Waals surface area (Å²) in [5, 5.41) is 3.43. The quantitative estimate of drug-likeness (QED) is 0.700. The van der Waals surface area contributed by atoms with E-state index in [4.69, 9.17) is 4.74 Å². The van der Waals surface area contributed by atoms with Crippen LogP contribution in [-0.2, 0) is 11.3 Å². The summed E-state index contributed by atoms with van der Waals surface area (Å²) in [4.78, 5) is 25.2. The summed E-state index contributed by atoms with van der Waals surface area (Å²) >= 11 is 3.36. The van der Waals surface area contributed by atoms with Crippen LogP contribution in [-0.4, -0.2) is 17.6 Å². The van der Waals surface area contributed by atoms with Crippen LogP contribution < -0.4 is 15.5 Å². The van der Waals surface area contributed by atoms with Crippen LogP contribution in [0, 0.1) is 13.8 Å². The largest absolute Gasteiger partial charge is 0.497 e. The maximum absolute atomic E-state index is 12.6. The Morgan fingerprint density at radius 1 is 1.19 bits per heavy atom. The maximum Gasteiger partial charge on any atom is 0.244 e. The van der Waals surface area contributed by atoms with E-state index in [1.54, 1.807) is 25.3 Å². The van der Waals surface area contributed by atoms with Gasteiger partial charge in [0.05, 0.1) is 22.5 Å². The number of halogens is 1. The number of carbonyl (C=O) groups is 1. The summed E-state index contributed by atoms with van der Waals surface area (Å²) in [5.41, 5.74) is 3.05. The van der Waals surface area contributed by atoms with Gasteiger partial charge in [-0.1, -0.05) is 18.2 Å².